The van der Waals surface area contributed by atoms with E-state index in [4.69, 9.17) is 4.74 Å². The van der Waals surface area contributed by atoms with E-state index in [0.29, 0.717) is 18.9 Å². The molecule has 0 saturated carbocycles. The summed E-state index contributed by atoms with van der Waals surface area (Å²) in [6, 6.07) is 2.91. The van der Waals surface area contributed by atoms with Gasteiger partial charge in [0.2, 0.25) is 5.88 Å². The molecular formula is C15H16F3N5O2. The Labute approximate surface area is 141 Å². The number of hydrogen-bond acceptors (Lipinski definition) is 5. The molecule has 0 radical (unpaired) electrons. The zero-order chi connectivity index (χ0) is 17.9. The maximum atomic E-state index is 12.7. The minimum absolute atomic E-state index is 0.0106. The molecule has 7 nitrogen and oxygen atoms in total. The fourth-order valence-corrected chi connectivity index (χ4v) is 2.79. The molecule has 1 N–H and O–H groups in total. The molecule has 2 aromatic heterocycles. The first-order chi connectivity index (χ1) is 11.9. The van der Waals surface area contributed by atoms with Gasteiger partial charge in [0.15, 0.2) is 6.61 Å². The molecule has 1 amide bonds. The normalized spacial score (nSPS) is 18.2. The predicted molar refractivity (Wildman–Crippen MR) is 80.0 cm³/mol. The monoisotopic (exact) mass is 355 g/mol. The fourth-order valence-electron chi connectivity index (χ4n) is 2.79. The van der Waals surface area contributed by atoms with Gasteiger partial charge in [-0.05, 0) is 25.0 Å². The molecule has 1 saturated heterocycles. The number of ether oxygens (including phenoxy) is 1. The minimum atomic E-state index is -4.50. The Hall–Kier alpha value is -2.65. The summed E-state index contributed by atoms with van der Waals surface area (Å²) in [4.78, 5) is 22.2. The lowest BCUT2D eigenvalue weighted by Crippen LogP contribution is -2.39. The van der Waals surface area contributed by atoms with Crippen LogP contribution in [0, 0.1) is 0 Å². The topological polar surface area (TPSA) is 84.0 Å². The van der Waals surface area contributed by atoms with Crippen molar-refractivity contribution in [3.8, 4) is 5.88 Å². The average Bonchev–Trinajstić information content (AvgIpc) is 3.14. The first-order valence-electron chi connectivity index (χ1n) is 7.73. The van der Waals surface area contributed by atoms with E-state index in [0.717, 1.165) is 12.8 Å². The number of amides is 1. The number of likely N-dealkylation sites (tertiary alicyclic amines) is 1. The first kappa shape index (κ1) is 17.2. The quantitative estimate of drug-likeness (QED) is 0.909. The van der Waals surface area contributed by atoms with Crippen molar-refractivity contribution >= 4 is 5.91 Å². The molecule has 1 atom stereocenters. The van der Waals surface area contributed by atoms with E-state index in [2.05, 4.69) is 20.2 Å². The largest absolute Gasteiger partial charge is 0.467 e. The predicted octanol–water partition coefficient (Wildman–Crippen LogP) is 2.16. The van der Waals surface area contributed by atoms with Crippen molar-refractivity contribution in [3.05, 3.63) is 36.0 Å². The van der Waals surface area contributed by atoms with Crippen LogP contribution in [-0.4, -0.2) is 56.8 Å². The average molecular weight is 355 g/mol. The molecule has 25 heavy (non-hydrogen) atoms. The van der Waals surface area contributed by atoms with Crippen LogP contribution >= 0.6 is 0 Å². The lowest BCUT2D eigenvalue weighted by atomic mass is 9.97. The van der Waals surface area contributed by atoms with E-state index in [9.17, 15) is 18.0 Å². The number of carbonyl (C=O) groups is 1. The Bertz CT molecular complexity index is 720. The zero-order valence-corrected chi connectivity index (χ0v) is 13.2. The molecule has 0 aliphatic carbocycles. The molecule has 0 spiro atoms. The van der Waals surface area contributed by atoms with E-state index in [1.807, 2.05) is 0 Å². The van der Waals surface area contributed by atoms with Gasteiger partial charge in [-0.15, -0.1) is 0 Å². The molecule has 3 heterocycles. The Morgan fingerprint density at radius 1 is 1.40 bits per heavy atom. The van der Waals surface area contributed by atoms with Crippen molar-refractivity contribution in [2.75, 3.05) is 19.7 Å². The second-order valence-corrected chi connectivity index (χ2v) is 5.72. The van der Waals surface area contributed by atoms with Crippen LogP contribution in [0.4, 0.5) is 13.2 Å². The molecule has 2 aromatic rings. The van der Waals surface area contributed by atoms with Gasteiger partial charge in [0.1, 0.15) is 17.7 Å². The number of piperidine rings is 1. The van der Waals surface area contributed by atoms with Gasteiger partial charge in [0, 0.05) is 25.2 Å². The maximum Gasteiger partial charge on any atom is 0.422 e. The number of H-pyrrole nitrogens is 1. The highest BCUT2D eigenvalue weighted by atomic mass is 19.4. The highest BCUT2D eigenvalue weighted by Gasteiger charge is 2.31. The SMILES string of the molecule is O=C(c1cccnc1OCC(F)(F)F)N1CCC[C@H](c2ncn[nH]2)C1. The Kier molecular flexibility index (Phi) is 4.86. The standard InChI is InChI=1S/C15H16F3N5O2/c16-15(17,18)8-25-13-11(4-1-5-19-13)14(24)23-6-2-3-10(7-23)12-20-9-21-22-12/h1,4-5,9-10H,2-3,6-8H2,(H,20,21,22)/t10-/m0/s1. The second kappa shape index (κ2) is 7.08. The van der Waals surface area contributed by atoms with Crippen LogP contribution in [0.1, 0.15) is 34.9 Å². The molecule has 0 unspecified atom stereocenters. The lowest BCUT2D eigenvalue weighted by molar-refractivity contribution is -0.154. The van der Waals surface area contributed by atoms with Crippen molar-refractivity contribution in [2.45, 2.75) is 24.9 Å². The third-order valence-corrected chi connectivity index (χ3v) is 3.90. The Balaban J connectivity index is 1.74. The fraction of sp³-hybridized carbons (Fsp3) is 0.467. The second-order valence-electron chi connectivity index (χ2n) is 5.72. The summed E-state index contributed by atoms with van der Waals surface area (Å²) in [5, 5.41) is 6.60. The van der Waals surface area contributed by atoms with E-state index >= 15 is 0 Å². The molecule has 1 aliphatic rings. The molecule has 1 aliphatic heterocycles. The molecule has 10 heteroatoms. The van der Waals surface area contributed by atoms with E-state index in [-0.39, 0.29) is 17.4 Å². The molecule has 0 aromatic carbocycles. The summed E-state index contributed by atoms with van der Waals surface area (Å²) < 4.78 is 41.8. The van der Waals surface area contributed by atoms with Gasteiger partial charge >= 0.3 is 6.18 Å². The van der Waals surface area contributed by atoms with E-state index in [1.165, 1.54) is 24.7 Å². The molecule has 0 bridgehead atoms. The number of halogens is 3. The zero-order valence-electron chi connectivity index (χ0n) is 13.2. The molecule has 1 fully saturated rings. The van der Waals surface area contributed by atoms with Crippen LogP contribution in [0.2, 0.25) is 0 Å². The van der Waals surface area contributed by atoms with Crippen molar-refractivity contribution in [1.29, 1.82) is 0 Å². The minimum Gasteiger partial charge on any atom is -0.467 e. The maximum absolute atomic E-state index is 12.7. The van der Waals surface area contributed by atoms with Crippen molar-refractivity contribution in [1.82, 2.24) is 25.1 Å². The third kappa shape index (κ3) is 4.25. The Morgan fingerprint density at radius 2 is 2.24 bits per heavy atom. The van der Waals surface area contributed by atoms with Crippen LogP contribution in [0.25, 0.3) is 0 Å². The van der Waals surface area contributed by atoms with Gasteiger partial charge < -0.3 is 9.64 Å². The number of hydrogen-bond donors (Lipinski definition) is 1. The van der Waals surface area contributed by atoms with Gasteiger partial charge in [0.05, 0.1) is 0 Å². The number of rotatable bonds is 4. The first-order valence-corrected chi connectivity index (χ1v) is 7.73. The summed E-state index contributed by atoms with van der Waals surface area (Å²) in [7, 11) is 0. The number of nitrogens with zero attached hydrogens (tertiary/aromatic N) is 4. The van der Waals surface area contributed by atoms with Gasteiger partial charge in [-0.3, -0.25) is 9.89 Å². The van der Waals surface area contributed by atoms with Crippen molar-refractivity contribution in [2.24, 2.45) is 0 Å². The van der Waals surface area contributed by atoms with Crippen LogP contribution in [-0.2, 0) is 0 Å². The van der Waals surface area contributed by atoms with Gasteiger partial charge in [-0.1, -0.05) is 0 Å². The van der Waals surface area contributed by atoms with Gasteiger partial charge in [-0.2, -0.15) is 18.3 Å². The highest BCUT2D eigenvalue weighted by Crippen LogP contribution is 2.27. The number of aromatic nitrogens is 4. The molecule has 134 valence electrons. The van der Waals surface area contributed by atoms with E-state index in [1.54, 1.807) is 4.90 Å². The van der Waals surface area contributed by atoms with Crippen LogP contribution in [0.3, 0.4) is 0 Å². The number of alkyl halides is 3. The number of nitrogens with one attached hydrogen (secondary N) is 1. The summed E-state index contributed by atoms with van der Waals surface area (Å²) >= 11 is 0. The van der Waals surface area contributed by atoms with Crippen LogP contribution in [0.5, 0.6) is 5.88 Å². The smallest absolute Gasteiger partial charge is 0.422 e. The summed E-state index contributed by atoms with van der Waals surface area (Å²) in [5.41, 5.74) is 0.0185. The Morgan fingerprint density at radius 3 is 2.96 bits per heavy atom. The number of carbonyl (C=O) groups excluding carboxylic acids is 1. The summed E-state index contributed by atoms with van der Waals surface area (Å²) in [6.45, 7) is -0.580. The van der Waals surface area contributed by atoms with Crippen LogP contribution < -0.4 is 4.74 Å². The highest BCUT2D eigenvalue weighted by molar-refractivity contribution is 5.96. The number of pyridine rings is 1. The van der Waals surface area contributed by atoms with Crippen LogP contribution in [0.15, 0.2) is 24.7 Å². The van der Waals surface area contributed by atoms with Gasteiger partial charge in [0.25, 0.3) is 5.91 Å². The molecular weight excluding hydrogens is 339 g/mol. The van der Waals surface area contributed by atoms with Crippen molar-refractivity contribution < 1.29 is 22.7 Å². The van der Waals surface area contributed by atoms with E-state index < -0.39 is 18.7 Å². The third-order valence-electron chi connectivity index (χ3n) is 3.90. The van der Waals surface area contributed by atoms with Gasteiger partial charge in [-0.25, -0.2) is 9.97 Å². The number of aromatic amines is 1. The molecule has 3 rings (SSSR count). The summed E-state index contributed by atoms with van der Waals surface area (Å²) in [6.07, 6.45) is -0.198. The summed E-state index contributed by atoms with van der Waals surface area (Å²) in [5.74, 6) is -0.0187. The lowest BCUT2D eigenvalue weighted by Gasteiger charge is -2.32. The van der Waals surface area contributed by atoms with Crippen molar-refractivity contribution in [3.63, 3.8) is 0 Å².